The van der Waals surface area contributed by atoms with Crippen LogP contribution in [0.1, 0.15) is 10.6 Å². The molecule has 0 saturated heterocycles. The molecule has 1 N–H and O–H groups in total. The van der Waals surface area contributed by atoms with Gasteiger partial charge in [-0.3, -0.25) is 9.48 Å². The fourth-order valence-electron chi connectivity index (χ4n) is 2.91. The van der Waals surface area contributed by atoms with Gasteiger partial charge in [0.2, 0.25) is 5.76 Å². The lowest BCUT2D eigenvalue weighted by molar-refractivity contribution is 0.0999. The molecule has 0 radical (unpaired) electrons. The molecule has 6 nitrogen and oxygen atoms in total. The smallest absolute Gasteiger partial charge is 0.293 e. The van der Waals surface area contributed by atoms with Crippen LogP contribution in [0.4, 0.5) is 5.82 Å². The highest BCUT2D eigenvalue weighted by molar-refractivity contribution is 6.12. The summed E-state index contributed by atoms with van der Waals surface area (Å²) in [5.74, 6) is 1.03. The first-order chi connectivity index (χ1) is 12.7. The maximum atomic E-state index is 12.9. The Hall–Kier alpha value is -3.54. The minimum absolute atomic E-state index is 0.241. The summed E-state index contributed by atoms with van der Waals surface area (Å²) < 4.78 is 12.8. The Labute approximate surface area is 150 Å². The molecule has 2 aromatic carbocycles. The van der Waals surface area contributed by atoms with Crippen LogP contribution in [-0.2, 0) is 7.05 Å². The average molecular weight is 347 g/mol. The molecular formula is C20H17N3O3. The van der Waals surface area contributed by atoms with Crippen molar-refractivity contribution in [2.24, 2.45) is 7.05 Å². The summed E-state index contributed by atoms with van der Waals surface area (Å²) in [4.78, 5) is 12.9. The second-order valence-electron chi connectivity index (χ2n) is 5.86. The number of carbonyl (C=O) groups excluding carboxylic acids is 1. The number of ether oxygens (including phenoxy) is 1. The zero-order valence-electron chi connectivity index (χ0n) is 14.4. The third-order valence-corrected chi connectivity index (χ3v) is 4.12. The molecule has 130 valence electrons. The summed E-state index contributed by atoms with van der Waals surface area (Å²) in [7, 11) is 3.38. The number of hydrogen-bond acceptors (Lipinski definition) is 4. The van der Waals surface area contributed by atoms with Crippen LogP contribution in [0.2, 0.25) is 0 Å². The largest absolute Gasteiger partial charge is 0.497 e. The maximum absolute atomic E-state index is 12.9. The Bertz CT molecular complexity index is 1080. The summed E-state index contributed by atoms with van der Waals surface area (Å²) in [6.07, 6.45) is 1.76. The van der Waals surface area contributed by atoms with Gasteiger partial charge in [0.25, 0.3) is 5.91 Å². The number of anilines is 1. The fourth-order valence-corrected chi connectivity index (χ4v) is 2.91. The van der Waals surface area contributed by atoms with Crippen LogP contribution in [0.5, 0.6) is 5.75 Å². The van der Waals surface area contributed by atoms with Crippen molar-refractivity contribution in [1.82, 2.24) is 9.78 Å². The zero-order valence-corrected chi connectivity index (χ0v) is 14.4. The van der Waals surface area contributed by atoms with Gasteiger partial charge in [-0.25, -0.2) is 0 Å². The van der Waals surface area contributed by atoms with E-state index in [-0.39, 0.29) is 11.7 Å². The van der Waals surface area contributed by atoms with Crippen LogP contribution in [0.25, 0.3) is 22.1 Å². The summed E-state index contributed by atoms with van der Waals surface area (Å²) in [5, 5.41) is 7.82. The number of nitrogens with zero attached hydrogens (tertiary/aromatic N) is 2. The summed E-state index contributed by atoms with van der Waals surface area (Å²) >= 11 is 0. The zero-order chi connectivity index (χ0) is 18.1. The Balaban J connectivity index is 1.85. The standard InChI is InChI=1S/C20H17N3O3/c1-23-11-10-17(22-23)21-20(24)19-18(13-6-4-3-5-7-13)15-9-8-14(25-2)12-16(15)26-19/h3-12H,1-2H3,(H,21,22,24). The molecule has 0 aliphatic heterocycles. The normalized spacial score (nSPS) is 10.8. The van der Waals surface area contributed by atoms with Gasteiger partial charge in [0.15, 0.2) is 5.82 Å². The Kier molecular flexibility index (Phi) is 3.93. The van der Waals surface area contributed by atoms with Gasteiger partial charge in [-0.15, -0.1) is 0 Å². The molecule has 0 saturated carbocycles. The maximum Gasteiger partial charge on any atom is 0.293 e. The minimum Gasteiger partial charge on any atom is -0.497 e. The Morgan fingerprint density at radius 3 is 2.65 bits per heavy atom. The second-order valence-corrected chi connectivity index (χ2v) is 5.86. The van der Waals surface area contributed by atoms with Crippen LogP contribution in [0.15, 0.2) is 65.2 Å². The lowest BCUT2D eigenvalue weighted by Crippen LogP contribution is -2.12. The van der Waals surface area contributed by atoms with Crippen molar-refractivity contribution < 1.29 is 13.9 Å². The van der Waals surface area contributed by atoms with E-state index in [4.69, 9.17) is 9.15 Å². The Morgan fingerprint density at radius 1 is 1.15 bits per heavy atom. The van der Waals surface area contributed by atoms with Gasteiger partial charge >= 0.3 is 0 Å². The summed E-state index contributed by atoms with van der Waals surface area (Å²) in [6.45, 7) is 0. The molecule has 4 rings (SSSR count). The third kappa shape index (κ3) is 2.82. The number of benzene rings is 2. The lowest BCUT2D eigenvalue weighted by atomic mass is 10.0. The van der Waals surface area contributed by atoms with E-state index in [1.165, 1.54) is 0 Å². The number of amides is 1. The lowest BCUT2D eigenvalue weighted by Gasteiger charge is -2.04. The van der Waals surface area contributed by atoms with Crippen LogP contribution < -0.4 is 10.1 Å². The third-order valence-electron chi connectivity index (χ3n) is 4.12. The predicted molar refractivity (Wildman–Crippen MR) is 99.4 cm³/mol. The molecule has 26 heavy (non-hydrogen) atoms. The quantitative estimate of drug-likeness (QED) is 0.603. The topological polar surface area (TPSA) is 69.3 Å². The van der Waals surface area contributed by atoms with Crippen molar-refractivity contribution in [2.75, 3.05) is 12.4 Å². The van der Waals surface area contributed by atoms with Crippen LogP contribution in [0.3, 0.4) is 0 Å². The van der Waals surface area contributed by atoms with E-state index in [0.29, 0.717) is 17.2 Å². The molecule has 0 unspecified atom stereocenters. The van der Waals surface area contributed by atoms with E-state index < -0.39 is 0 Å². The highest BCUT2D eigenvalue weighted by atomic mass is 16.5. The van der Waals surface area contributed by atoms with Crippen molar-refractivity contribution in [3.05, 3.63) is 66.6 Å². The molecule has 0 atom stereocenters. The van der Waals surface area contributed by atoms with Crippen molar-refractivity contribution >= 4 is 22.7 Å². The molecule has 0 spiro atoms. The average Bonchev–Trinajstić information content (AvgIpc) is 3.25. The summed E-state index contributed by atoms with van der Waals surface area (Å²) in [5.41, 5.74) is 2.24. The van der Waals surface area contributed by atoms with E-state index in [1.807, 2.05) is 42.5 Å². The van der Waals surface area contributed by atoms with Gasteiger partial charge in [-0.1, -0.05) is 30.3 Å². The van der Waals surface area contributed by atoms with Gasteiger partial charge in [0.05, 0.1) is 7.11 Å². The van der Waals surface area contributed by atoms with Gasteiger partial charge in [0, 0.05) is 36.3 Å². The van der Waals surface area contributed by atoms with Crippen LogP contribution in [-0.4, -0.2) is 22.8 Å². The molecule has 4 aromatic rings. The summed E-state index contributed by atoms with van der Waals surface area (Å²) in [6, 6.07) is 16.9. The second kappa shape index (κ2) is 6.40. The predicted octanol–water partition coefficient (Wildman–Crippen LogP) is 4.09. The van der Waals surface area contributed by atoms with Crippen LogP contribution in [0, 0.1) is 0 Å². The van der Waals surface area contributed by atoms with Crippen molar-refractivity contribution in [3.8, 4) is 16.9 Å². The van der Waals surface area contributed by atoms with Crippen molar-refractivity contribution in [1.29, 1.82) is 0 Å². The molecule has 2 aromatic heterocycles. The molecule has 1 amide bonds. The minimum atomic E-state index is -0.349. The number of furan rings is 1. The number of fused-ring (bicyclic) bond motifs is 1. The highest BCUT2D eigenvalue weighted by Gasteiger charge is 2.22. The first-order valence-corrected chi connectivity index (χ1v) is 8.12. The fraction of sp³-hybridized carbons (Fsp3) is 0.100. The van der Waals surface area contributed by atoms with Gasteiger partial charge < -0.3 is 14.5 Å². The molecule has 2 heterocycles. The molecule has 6 heteroatoms. The van der Waals surface area contributed by atoms with Gasteiger partial charge in [0.1, 0.15) is 11.3 Å². The van der Waals surface area contributed by atoms with Crippen molar-refractivity contribution in [3.63, 3.8) is 0 Å². The molecule has 0 aliphatic carbocycles. The highest BCUT2D eigenvalue weighted by Crippen LogP contribution is 2.36. The van der Waals surface area contributed by atoms with Crippen molar-refractivity contribution in [2.45, 2.75) is 0 Å². The number of methoxy groups -OCH3 is 1. The van der Waals surface area contributed by atoms with Gasteiger partial charge in [-0.2, -0.15) is 5.10 Å². The van der Waals surface area contributed by atoms with Gasteiger partial charge in [-0.05, 0) is 17.7 Å². The molecule has 0 fully saturated rings. The van der Waals surface area contributed by atoms with Crippen LogP contribution >= 0.6 is 0 Å². The number of rotatable bonds is 4. The monoisotopic (exact) mass is 347 g/mol. The first kappa shape index (κ1) is 16.0. The number of hydrogen-bond donors (Lipinski definition) is 1. The molecule has 0 bridgehead atoms. The Morgan fingerprint density at radius 2 is 1.96 bits per heavy atom. The number of aromatic nitrogens is 2. The molecular weight excluding hydrogens is 330 g/mol. The number of nitrogens with one attached hydrogen (secondary N) is 1. The number of aryl methyl sites for hydroxylation is 1. The van der Waals surface area contributed by atoms with E-state index >= 15 is 0 Å². The van der Waals surface area contributed by atoms with E-state index in [0.717, 1.165) is 16.5 Å². The van der Waals surface area contributed by atoms with E-state index in [9.17, 15) is 4.79 Å². The SMILES string of the molecule is COc1ccc2c(-c3ccccc3)c(C(=O)Nc3ccn(C)n3)oc2c1. The van der Waals surface area contributed by atoms with E-state index in [1.54, 1.807) is 37.2 Å². The number of carbonyl (C=O) groups is 1. The molecule has 0 aliphatic rings. The van der Waals surface area contributed by atoms with E-state index in [2.05, 4.69) is 10.4 Å². The first-order valence-electron chi connectivity index (χ1n) is 8.12.